The third-order valence-electron chi connectivity index (χ3n) is 5.86. The number of esters is 1. The van der Waals surface area contributed by atoms with Crippen molar-refractivity contribution in [3.8, 4) is 11.3 Å². The van der Waals surface area contributed by atoms with Crippen LogP contribution in [0.2, 0.25) is 0 Å². The summed E-state index contributed by atoms with van der Waals surface area (Å²) in [4.78, 5) is 26.1. The zero-order chi connectivity index (χ0) is 27.5. The number of benzene rings is 2. The van der Waals surface area contributed by atoms with Crippen LogP contribution in [0.5, 0.6) is 0 Å². The maximum absolute atomic E-state index is 12.5. The maximum Gasteiger partial charge on any atom is 0.310 e. The van der Waals surface area contributed by atoms with E-state index >= 15 is 0 Å². The van der Waals surface area contributed by atoms with Gasteiger partial charge in [-0.3, -0.25) is 14.5 Å². The summed E-state index contributed by atoms with van der Waals surface area (Å²) in [5.74, 6) is -0.303. The highest BCUT2D eigenvalue weighted by Crippen LogP contribution is 2.18. The van der Waals surface area contributed by atoms with Crippen LogP contribution in [-0.2, 0) is 29.0 Å². The maximum atomic E-state index is 12.5. The van der Waals surface area contributed by atoms with Gasteiger partial charge in [-0.25, -0.2) is 4.68 Å². The number of aliphatic hydroxyl groups is 4. The van der Waals surface area contributed by atoms with Crippen LogP contribution in [0, 0.1) is 0 Å². The molecule has 38 heavy (non-hydrogen) atoms. The van der Waals surface area contributed by atoms with E-state index in [1.807, 2.05) is 48.5 Å². The summed E-state index contributed by atoms with van der Waals surface area (Å²) in [5, 5.41) is 42.5. The highest BCUT2D eigenvalue weighted by atomic mass is 16.5. The number of aliphatic hydroxyl groups excluding tert-OH is 4. The summed E-state index contributed by atoms with van der Waals surface area (Å²) >= 11 is 0. The largest absolute Gasteiger partial charge is 0.466 e. The molecular formula is C28H35N3O7. The van der Waals surface area contributed by atoms with Crippen molar-refractivity contribution >= 4 is 5.97 Å². The molecule has 3 rings (SSSR count). The summed E-state index contributed by atoms with van der Waals surface area (Å²) in [7, 11) is 0. The molecule has 3 aromatic rings. The number of ether oxygens (including phenoxy) is 1. The van der Waals surface area contributed by atoms with E-state index in [-0.39, 0.29) is 37.6 Å². The van der Waals surface area contributed by atoms with E-state index < -0.39 is 25.4 Å². The van der Waals surface area contributed by atoms with E-state index in [0.717, 1.165) is 22.3 Å². The molecule has 204 valence electrons. The van der Waals surface area contributed by atoms with Crippen molar-refractivity contribution in [2.75, 3.05) is 32.9 Å². The zero-order valence-corrected chi connectivity index (χ0v) is 21.4. The number of nitrogens with zero attached hydrogens (tertiary/aromatic N) is 3. The van der Waals surface area contributed by atoms with Gasteiger partial charge in [-0.05, 0) is 29.7 Å². The van der Waals surface area contributed by atoms with Crippen molar-refractivity contribution in [2.24, 2.45) is 0 Å². The SMILES string of the molecule is CCOC(=O)Cc1cccc(Cn2nc(-c3ccc(CN(CC(O)CO)CC(O)CO)cc3)ccc2=O)c1. The molecule has 0 bridgehead atoms. The monoisotopic (exact) mass is 525 g/mol. The first kappa shape index (κ1) is 29.2. The molecule has 2 unspecified atom stereocenters. The molecule has 1 aromatic heterocycles. The molecule has 4 N–H and O–H groups in total. The quantitative estimate of drug-likeness (QED) is 0.222. The average Bonchev–Trinajstić information content (AvgIpc) is 2.90. The molecule has 0 aliphatic carbocycles. The second kappa shape index (κ2) is 14.5. The molecule has 0 fully saturated rings. The molecule has 0 aliphatic heterocycles. The molecule has 0 saturated carbocycles. The van der Waals surface area contributed by atoms with Crippen LogP contribution >= 0.6 is 0 Å². The molecule has 0 amide bonds. The second-order valence-corrected chi connectivity index (χ2v) is 9.08. The number of aromatic nitrogens is 2. The van der Waals surface area contributed by atoms with Gasteiger partial charge in [0.1, 0.15) is 0 Å². The van der Waals surface area contributed by atoms with Crippen LogP contribution in [0.1, 0.15) is 23.6 Å². The summed E-state index contributed by atoms with van der Waals surface area (Å²) in [6.07, 6.45) is -1.77. The molecule has 1 heterocycles. The predicted molar refractivity (Wildman–Crippen MR) is 141 cm³/mol. The van der Waals surface area contributed by atoms with Gasteiger partial charge in [-0.1, -0.05) is 48.5 Å². The third kappa shape index (κ3) is 8.86. The zero-order valence-electron chi connectivity index (χ0n) is 21.4. The fourth-order valence-electron chi connectivity index (χ4n) is 4.06. The second-order valence-electron chi connectivity index (χ2n) is 9.08. The van der Waals surface area contributed by atoms with Crippen LogP contribution in [-0.4, -0.2) is 86.2 Å². The van der Waals surface area contributed by atoms with Crippen molar-refractivity contribution in [3.05, 3.63) is 87.7 Å². The van der Waals surface area contributed by atoms with Gasteiger partial charge in [0.05, 0.1) is 50.7 Å². The van der Waals surface area contributed by atoms with Gasteiger partial charge in [-0.2, -0.15) is 5.10 Å². The Balaban J connectivity index is 1.73. The Morgan fingerprint density at radius 3 is 2.24 bits per heavy atom. The molecule has 2 atom stereocenters. The lowest BCUT2D eigenvalue weighted by Crippen LogP contribution is -2.39. The lowest BCUT2D eigenvalue weighted by atomic mass is 10.1. The molecular weight excluding hydrogens is 490 g/mol. The Morgan fingerprint density at radius 2 is 1.61 bits per heavy atom. The lowest BCUT2D eigenvalue weighted by molar-refractivity contribution is -0.142. The topological polar surface area (TPSA) is 145 Å². The van der Waals surface area contributed by atoms with Crippen LogP contribution in [0.15, 0.2) is 65.5 Å². The average molecular weight is 526 g/mol. The van der Waals surface area contributed by atoms with Crippen LogP contribution in [0.25, 0.3) is 11.3 Å². The smallest absolute Gasteiger partial charge is 0.310 e. The van der Waals surface area contributed by atoms with E-state index in [9.17, 15) is 19.8 Å². The van der Waals surface area contributed by atoms with Gasteiger partial charge in [0, 0.05) is 31.3 Å². The van der Waals surface area contributed by atoms with E-state index in [4.69, 9.17) is 14.9 Å². The first-order chi connectivity index (χ1) is 18.3. The Kier molecular flexibility index (Phi) is 11.1. The van der Waals surface area contributed by atoms with E-state index in [1.54, 1.807) is 17.9 Å². The molecule has 0 saturated heterocycles. The van der Waals surface area contributed by atoms with Crippen molar-refractivity contribution in [1.29, 1.82) is 0 Å². The summed E-state index contributed by atoms with van der Waals surface area (Å²) < 4.78 is 6.39. The minimum atomic E-state index is -0.962. The summed E-state index contributed by atoms with van der Waals surface area (Å²) in [6.45, 7) is 2.20. The highest BCUT2D eigenvalue weighted by Gasteiger charge is 2.16. The molecule has 0 radical (unpaired) electrons. The van der Waals surface area contributed by atoms with Gasteiger partial charge in [0.25, 0.3) is 5.56 Å². The van der Waals surface area contributed by atoms with Crippen molar-refractivity contribution < 1.29 is 30.0 Å². The Hall–Kier alpha value is -3.41. The molecule has 10 heteroatoms. The molecule has 2 aromatic carbocycles. The minimum absolute atomic E-state index is 0.142. The number of hydrogen-bond donors (Lipinski definition) is 4. The van der Waals surface area contributed by atoms with Crippen LogP contribution < -0.4 is 5.56 Å². The number of hydrogen-bond acceptors (Lipinski definition) is 9. The van der Waals surface area contributed by atoms with E-state index in [0.29, 0.717) is 18.8 Å². The van der Waals surface area contributed by atoms with Gasteiger partial charge in [0.15, 0.2) is 0 Å². The summed E-state index contributed by atoms with van der Waals surface area (Å²) in [6, 6.07) is 18.0. The van der Waals surface area contributed by atoms with Crippen molar-refractivity contribution in [2.45, 2.75) is 38.6 Å². The predicted octanol–water partition coefficient (Wildman–Crippen LogP) is 0.573. The molecule has 0 spiro atoms. The number of rotatable bonds is 14. The first-order valence-electron chi connectivity index (χ1n) is 12.5. The number of carbonyl (C=O) groups excluding carboxylic acids is 1. The minimum Gasteiger partial charge on any atom is -0.466 e. The van der Waals surface area contributed by atoms with E-state index in [1.165, 1.54) is 10.7 Å². The lowest BCUT2D eigenvalue weighted by Gasteiger charge is -2.26. The molecule has 0 aliphatic rings. The van der Waals surface area contributed by atoms with Gasteiger partial charge >= 0.3 is 5.97 Å². The standard InChI is InChI=1S/C28H35N3O7/c1-2-38-28(37)13-21-4-3-5-22(12-21)15-31-27(36)11-10-26(29-31)23-8-6-20(7-9-23)14-30(16-24(34)18-32)17-25(35)19-33/h3-12,24-25,32-35H,2,13-19H2,1H3. The fourth-order valence-corrected chi connectivity index (χ4v) is 4.06. The van der Waals surface area contributed by atoms with Gasteiger partial charge in [0.2, 0.25) is 0 Å². The Bertz CT molecular complexity index is 1220. The summed E-state index contributed by atoms with van der Waals surface area (Å²) in [5.41, 5.74) is 3.70. The first-order valence-corrected chi connectivity index (χ1v) is 12.5. The fraction of sp³-hybridized carbons (Fsp3) is 0.393. The Labute approximate surface area is 221 Å². The third-order valence-corrected chi connectivity index (χ3v) is 5.86. The highest BCUT2D eigenvalue weighted by molar-refractivity contribution is 5.72. The van der Waals surface area contributed by atoms with Crippen molar-refractivity contribution in [3.63, 3.8) is 0 Å². The van der Waals surface area contributed by atoms with E-state index in [2.05, 4.69) is 5.10 Å². The van der Waals surface area contributed by atoms with Crippen LogP contribution in [0.4, 0.5) is 0 Å². The van der Waals surface area contributed by atoms with Gasteiger partial charge < -0.3 is 25.2 Å². The molecule has 10 nitrogen and oxygen atoms in total. The van der Waals surface area contributed by atoms with Crippen molar-refractivity contribution in [1.82, 2.24) is 14.7 Å². The van der Waals surface area contributed by atoms with Crippen LogP contribution in [0.3, 0.4) is 0 Å². The normalized spacial score (nSPS) is 12.9. The number of carbonyl (C=O) groups is 1. The Morgan fingerprint density at radius 1 is 0.947 bits per heavy atom. The van der Waals surface area contributed by atoms with Gasteiger partial charge in [-0.15, -0.1) is 0 Å².